The van der Waals surface area contributed by atoms with Crippen LogP contribution in [0, 0.1) is 5.41 Å². The molecular weight excluding hydrogens is 510 g/mol. The van der Waals surface area contributed by atoms with Gasteiger partial charge < -0.3 is 19.7 Å². The first-order chi connectivity index (χ1) is 18.2. The second-order valence-corrected chi connectivity index (χ2v) is 10.5. The average Bonchev–Trinajstić information content (AvgIpc) is 2.89. The van der Waals surface area contributed by atoms with Gasteiger partial charge in [-0.3, -0.25) is 0 Å². The summed E-state index contributed by atoms with van der Waals surface area (Å²) in [6, 6.07) is 0. The van der Waals surface area contributed by atoms with Gasteiger partial charge in [0.05, 0.1) is 24.7 Å². The highest BCUT2D eigenvalue weighted by Gasteiger charge is 2.30. The SMILES string of the molecule is C=CCn1c(=O)n(CC(O)COC(=O)/C=C/C(=O)OCC(O)CC(C)(C)CC)c(=O)n(C(C)(CC)CC)c1=O. The first kappa shape index (κ1) is 33.8. The van der Waals surface area contributed by atoms with E-state index >= 15 is 0 Å². The van der Waals surface area contributed by atoms with Crippen molar-refractivity contribution < 1.29 is 29.3 Å². The molecule has 12 nitrogen and oxygen atoms in total. The molecule has 1 aromatic rings. The van der Waals surface area contributed by atoms with E-state index in [-0.39, 0.29) is 18.6 Å². The summed E-state index contributed by atoms with van der Waals surface area (Å²) >= 11 is 0. The van der Waals surface area contributed by atoms with Crippen LogP contribution in [0.5, 0.6) is 0 Å². The largest absolute Gasteiger partial charge is 0.460 e. The molecule has 0 bridgehead atoms. The Labute approximate surface area is 228 Å². The number of aromatic nitrogens is 3. The molecular formula is C27H43N3O9. The van der Waals surface area contributed by atoms with Gasteiger partial charge in [-0.25, -0.2) is 37.7 Å². The molecule has 2 atom stereocenters. The highest BCUT2D eigenvalue weighted by Crippen LogP contribution is 2.26. The standard InChI is InChI=1S/C27H43N3O9/c1-8-14-28-23(35)29(25(37)30(24(28)36)27(7,10-3)11-4)16-20(32)18-39-22(34)13-12-21(33)38-17-19(31)15-26(5,6)9-2/h8,12-13,19-20,31-32H,1,9-11,14-18H2,2-7H3/b13-12+. The molecule has 0 aliphatic heterocycles. The van der Waals surface area contributed by atoms with E-state index in [4.69, 9.17) is 9.47 Å². The van der Waals surface area contributed by atoms with E-state index in [1.54, 1.807) is 6.92 Å². The van der Waals surface area contributed by atoms with Gasteiger partial charge in [-0.15, -0.1) is 6.58 Å². The Bertz CT molecular complexity index is 1200. The Kier molecular flexibility index (Phi) is 12.8. The smallest absolute Gasteiger partial charge is 0.337 e. The molecule has 0 aromatic carbocycles. The van der Waals surface area contributed by atoms with Gasteiger partial charge in [0.2, 0.25) is 0 Å². The first-order valence-corrected chi connectivity index (χ1v) is 13.1. The molecule has 0 radical (unpaired) electrons. The molecule has 0 fully saturated rings. The van der Waals surface area contributed by atoms with Crippen LogP contribution >= 0.6 is 0 Å². The molecule has 0 saturated heterocycles. The normalized spacial score (nSPS) is 13.7. The average molecular weight is 554 g/mol. The van der Waals surface area contributed by atoms with Gasteiger partial charge in [-0.1, -0.05) is 47.1 Å². The maximum absolute atomic E-state index is 13.2. The summed E-state index contributed by atoms with van der Waals surface area (Å²) in [4.78, 5) is 62.8. The highest BCUT2D eigenvalue weighted by molar-refractivity contribution is 5.91. The monoisotopic (exact) mass is 553 g/mol. The predicted octanol–water partition coefficient (Wildman–Crippen LogP) is 1.08. The van der Waals surface area contributed by atoms with Crippen molar-refractivity contribution in [2.75, 3.05) is 13.2 Å². The Balaban J connectivity index is 2.90. The Morgan fingerprint density at radius 1 is 0.846 bits per heavy atom. The number of carbonyl (C=O) groups is 2. The summed E-state index contributed by atoms with van der Waals surface area (Å²) in [5.41, 5.74) is -3.56. The summed E-state index contributed by atoms with van der Waals surface area (Å²) in [5, 5.41) is 20.4. The van der Waals surface area contributed by atoms with Crippen LogP contribution in [0.2, 0.25) is 0 Å². The van der Waals surface area contributed by atoms with Crippen LogP contribution in [-0.4, -0.2) is 61.3 Å². The molecule has 1 aromatic heterocycles. The zero-order valence-electron chi connectivity index (χ0n) is 23.8. The van der Waals surface area contributed by atoms with E-state index in [0.717, 1.165) is 32.3 Å². The zero-order valence-corrected chi connectivity index (χ0v) is 23.8. The molecule has 0 aliphatic carbocycles. The van der Waals surface area contributed by atoms with Crippen LogP contribution in [0.1, 0.15) is 67.2 Å². The number of nitrogens with zero attached hydrogens (tertiary/aromatic N) is 3. The van der Waals surface area contributed by atoms with Gasteiger partial charge in [0.25, 0.3) is 0 Å². The minimum absolute atomic E-state index is 0.112. The number of ether oxygens (including phenoxy) is 2. The van der Waals surface area contributed by atoms with Crippen molar-refractivity contribution in [3.05, 3.63) is 56.3 Å². The molecule has 12 heteroatoms. The summed E-state index contributed by atoms with van der Waals surface area (Å²) in [6.45, 7) is 13.4. The molecule has 0 amide bonds. The van der Waals surface area contributed by atoms with Crippen molar-refractivity contribution >= 4 is 11.9 Å². The number of carbonyl (C=O) groups excluding carboxylic acids is 2. The molecule has 220 valence electrons. The third kappa shape index (κ3) is 9.47. The van der Waals surface area contributed by atoms with Crippen molar-refractivity contribution in [1.29, 1.82) is 0 Å². The fourth-order valence-electron chi connectivity index (χ4n) is 3.80. The van der Waals surface area contributed by atoms with Crippen LogP contribution in [0.3, 0.4) is 0 Å². The van der Waals surface area contributed by atoms with E-state index in [1.165, 1.54) is 6.08 Å². The third-order valence-corrected chi connectivity index (χ3v) is 7.01. The number of aliphatic hydroxyl groups is 2. The lowest BCUT2D eigenvalue weighted by Gasteiger charge is -2.29. The molecule has 0 aliphatic rings. The van der Waals surface area contributed by atoms with E-state index in [9.17, 15) is 34.2 Å². The maximum Gasteiger partial charge on any atom is 0.337 e. The lowest BCUT2D eigenvalue weighted by molar-refractivity contribution is -0.143. The molecule has 0 saturated carbocycles. The molecule has 2 unspecified atom stereocenters. The van der Waals surface area contributed by atoms with Crippen LogP contribution < -0.4 is 17.1 Å². The quantitative estimate of drug-likeness (QED) is 0.173. The second kappa shape index (κ2) is 14.8. The Morgan fingerprint density at radius 2 is 1.33 bits per heavy atom. The molecule has 1 rings (SSSR count). The van der Waals surface area contributed by atoms with Crippen molar-refractivity contribution in [1.82, 2.24) is 13.7 Å². The van der Waals surface area contributed by atoms with E-state index < -0.39 is 59.9 Å². The summed E-state index contributed by atoms with van der Waals surface area (Å²) < 4.78 is 12.4. The maximum atomic E-state index is 13.2. The topological polar surface area (TPSA) is 159 Å². The molecule has 0 spiro atoms. The van der Waals surface area contributed by atoms with Crippen molar-refractivity contribution in [2.24, 2.45) is 5.41 Å². The zero-order chi connectivity index (χ0) is 30.0. The molecule has 1 heterocycles. The van der Waals surface area contributed by atoms with Crippen LogP contribution in [0.25, 0.3) is 0 Å². The van der Waals surface area contributed by atoms with Crippen LogP contribution in [0.15, 0.2) is 39.2 Å². The van der Waals surface area contributed by atoms with Crippen LogP contribution in [0.4, 0.5) is 0 Å². The highest BCUT2D eigenvalue weighted by atomic mass is 16.5. The second-order valence-electron chi connectivity index (χ2n) is 10.5. The lowest BCUT2D eigenvalue weighted by Crippen LogP contribution is -2.60. The summed E-state index contributed by atoms with van der Waals surface area (Å²) in [5.74, 6) is -1.82. The van der Waals surface area contributed by atoms with Gasteiger partial charge >= 0.3 is 29.0 Å². The molecule has 39 heavy (non-hydrogen) atoms. The van der Waals surface area contributed by atoms with Crippen molar-refractivity contribution in [2.45, 2.75) is 98.1 Å². The summed E-state index contributed by atoms with van der Waals surface area (Å²) in [7, 11) is 0. The lowest BCUT2D eigenvalue weighted by atomic mass is 9.84. The van der Waals surface area contributed by atoms with E-state index in [2.05, 4.69) is 6.58 Å². The number of allylic oxidation sites excluding steroid dienone is 1. The van der Waals surface area contributed by atoms with Gasteiger partial charge in [-0.2, -0.15) is 0 Å². The fraction of sp³-hybridized carbons (Fsp3) is 0.667. The Morgan fingerprint density at radius 3 is 1.79 bits per heavy atom. The number of hydrogen-bond donors (Lipinski definition) is 2. The van der Waals surface area contributed by atoms with Gasteiger partial charge in [0.1, 0.15) is 19.3 Å². The number of rotatable bonds is 16. The fourth-order valence-corrected chi connectivity index (χ4v) is 3.80. The van der Waals surface area contributed by atoms with Gasteiger partial charge in [0, 0.05) is 12.2 Å². The van der Waals surface area contributed by atoms with E-state index in [0.29, 0.717) is 19.3 Å². The van der Waals surface area contributed by atoms with E-state index in [1.807, 2.05) is 34.6 Å². The third-order valence-electron chi connectivity index (χ3n) is 7.01. The number of aliphatic hydroxyl groups excluding tert-OH is 2. The number of esters is 2. The van der Waals surface area contributed by atoms with Crippen molar-refractivity contribution in [3.63, 3.8) is 0 Å². The molecule has 2 N–H and O–H groups in total. The van der Waals surface area contributed by atoms with Crippen LogP contribution in [-0.2, 0) is 37.7 Å². The van der Waals surface area contributed by atoms with Gasteiger partial charge in [0.15, 0.2) is 0 Å². The minimum atomic E-state index is -1.46. The number of hydrogen-bond acceptors (Lipinski definition) is 9. The summed E-state index contributed by atoms with van der Waals surface area (Å²) in [6.07, 6.45) is 2.83. The predicted molar refractivity (Wildman–Crippen MR) is 145 cm³/mol. The van der Waals surface area contributed by atoms with Gasteiger partial charge in [-0.05, 0) is 31.6 Å². The first-order valence-electron chi connectivity index (χ1n) is 13.1. The Hall–Kier alpha value is -3.25. The van der Waals surface area contributed by atoms with Crippen molar-refractivity contribution in [3.8, 4) is 0 Å². The minimum Gasteiger partial charge on any atom is -0.460 e.